The SMILES string of the molecule is Cl.O=C(CCOC1CNC1)N1CCN(CCO)CC1. The number of ether oxygens (including phenoxy) is 1. The number of nitrogens with zero attached hydrogens (tertiary/aromatic N) is 2. The number of aliphatic hydroxyl groups excluding tert-OH is 1. The molecule has 0 aromatic heterocycles. The number of carbonyl (C=O) groups is 1. The van der Waals surface area contributed by atoms with Gasteiger partial charge in [-0.25, -0.2) is 0 Å². The van der Waals surface area contributed by atoms with E-state index in [0.717, 1.165) is 39.3 Å². The lowest BCUT2D eigenvalue weighted by Gasteiger charge is -2.34. The first-order chi connectivity index (χ1) is 8.79. The van der Waals surface area contributed by atoms with Crippen LogP contribution in [-0.2, 0) is 9.53 Å². The van der Waals surface area contributed by atoms with E-state index in [1.54, 1.807) is 0 Å². The fourth-order valence-corrected chi connectivity index (χ4v) is 2.21. The molecule has 6 nitrogen and oxygen atoms in total. The third-order valence-electron chi connectivity index (χ3n) is 3.55. The quantitative estimate of drug-likeness (QED) is 0.652. The van der Waals surface area contributed by atoms with Gasteiger partial charge in [0.05, 0.1) is 25.7 Å². The Morgan fingerprint density at radius 2 is 1.95 bits per heavy atom. The normalized spacial score (nSPS) is 20.8. The van der Waals surface area contributed by atoms with Crippen molar-refractivity contribution in [2.75, 3.05) is 59.0 Å². The summed E-state index contributed by atoms with van der Waals surface area (Å²) in [7, 11) is 0. The topological polar surface area (TPSA) is 65.0 Å². The molecule has 0 radical (unpaired) electrons. The van der Waals surface area contributed by atoms with Crippen molar-refractivity contribution >= 4 is 18.3 Å². The Bertz CT molecular complexity index is 269. The van der Waals surface area contributed by atoms with Gasteiger partial charge in [-0.15, -0.1) is 12.4 Å². The van der Waals surface area contributed by atoms with Crippen LogP contribution < -0.4 is 5.32 Å². The average Bonchev–Trinajstić information content (AvgIpc) is 2.33. The van der Waals surface area contributed by atoms with E-state index in [1.165, 1.54) is 0 Å². The van der Waals surface area contributed by atoms with Crippen molar-refractivity contribution < 1.29 is 14.6 Å². The Balaban J connectivity index is 0.00000180. The van der Waals surface area contributed by atoms with Crippen molar-refractivity contribution in [2.24, 2.45) is 0 Å². The molecule has 2 N–H and O–H groups in total. The Labute approximate surface area is 120 Å². The first kappa shape index (κ1) is 16.7. The number of nitrogens with one attached hydrogen (secondary N) is 1. The number of hydrogen-bond donors (Lipinski definition) is 2. The molecule has 2 heterocycles. The zero-order valence-electron chi connectivity index (χ0n) is 11.2. The van der Waals surface area contributed by atoms with E-state index in [0.29, 0.717) is 25.7 Å². The van der Waals surface area contributed by atoms with E-state index in [-0.39, 0.29) is 24.9 Å². The number of piperazine rings is 1. The van der Waals surface area contributed by atoms with Gasteiger partial charge in [0, 0.05) is 45.8 Å². The van der Waals surface area contributed by atoms with Gasteiger partial charge in [-0.3, -0.25) is 9.69 Å². The van der Waals surface area contributed by atoms with Crippen molar-refractivity contribution in [2.45, 2.75) is 12.5 Å². The molecule has 0 saturated carbocycles. The fraction of sp³-hybridized carbons (Fsp3) is 0.917. The molecule has 7 heteroatoms. The van der Waals surface area contributed by atoms with Gasteiger partial charge in [-0.05, 0) is 0 Å². The lowest BCUT2D eigenvalue weighted by Crippen LogP contribution is -2.50. The minimum atomic E-state index is 0. The second kappa shape index (κ2) is 8.71. The molecular weight excluding hydrogens is 270 g/mol. The largest absolute Gasteiger partial charge is 0.395 e. The highest BCUT2D eigenvalue weighted by atomic mass is 35.5. The van der Waals surface area contributed by atoms with Crippen LogP contribution in [0.25, 0.3) is 0 Å². The Morgan fingerprint density at radius 1 is 1.26 bits per heavy atom. The van der Waals surface area contributed by atoms with Gasteiger partial charge in [-0.1, -0.05) is 0 Å². The van der Waals surface area contributed by atoms with Gasteiger partial charge < -0.3 is 20.1 Å². The molecule has 2 aliphatic heterocycles. The van der Waals surface area contributed by atoms with Crippen LogP contribution in [0, 0.1) is 0 Å². The summed E-state index contributed by atoms with van der Waals surface area (Å²) in [6.07, 6.45) is 0.787. The summed E-state index contributed by atoms with van der Waals surface area (Å²) in [5.41, 5.74) is 0. The monoisotopic (exact) mass is 293 g/mol. The third kappa shape index (κ3) is 5.24. The average molecular weight is 294 g/mol. The number of aliphatic hydroxyl groups is 1. The maximum Gasteiger partial charge on any atom is 0.224 e. The predicted octanol–water partition coefficient (Wildman–Crippen LogP) is -1.08. The summed E-state index contributed by atoms with van der Waals surface area (Å²) < 4.78 is 5.55. The molecule has 2 rings (SSSR count). The van der Waals surface area contributed by atoms with Crippen LogP contribution >= 0.6 is 12.4 Å². The molecule has 1 amide bonds. The Morgan fingerprint density at radius 3 is 2.47 bits per heavy atom. The molecule has 0 spiro atoms. The van der Waals surface area contributed by atoms with E-state index >= 15 is 0 Å². The van der Waals surface area contributed by atoms with Gasteiger partial charge in [0.15, 0.2) is 0 Å². The summed E-state index contributed by atoms with van der Waals surface area (Å²) >= 11 is 0. The summed E-state index contributed by atoms with van der Waals surface area (Å²) in [6.45, 7) is 6.51. The summed E-state index contributed by atoms with van der Waals surface area (Å²) in [5.74, 6) is 0.186. The number of halogens is 1. The molecule has 112 valence electrons. The Kier molecular flexibility index (Phi) is 7.63. The first-order valence-electron chi connectivity index (χ1n) is 6.73. The predicted molar refractivity (Wildman–Crippen MR) is 74.6 cm³/mol. The number of carbonyl (C=O) groups excluding carboxylic acids is 1. The molecule has 0 aromatic carbocycles. The second-order valence-corrected chi connectivity index (χ2v) is 4.85. The van der Waals surface area contributed by atoms with Crippen molar-refractivity contribution in [1.29, 1.82) is 0 Å². The summed E-state index contributed by atoms with van der Waals surface area (Å²) in [6, 6.07) is 0. The van der Waals surface area contributed by atoms with Gasteiger partial charge in [0.1, 0.15) is 0 Å². The first-order valence-corrected chi connectivity index (χ1v) is 6.73. The number of amides is 1. The molecule has 0 aliphatic carbocycles. The molecule has 0 bridgehead atoms. The summed E-state index contributed by atoms with van der Waals surface area (Å²) in [4.78, 5) is 16.0. The molecule has 2 saturated heterocycles. The van der Waals surface area contributed by atoms with E-state index in [9.17, 15) is 4.79 Å². The van der Waals surface area contributed by atoms with Crippen LogP contribution in [0.3, 0.4) is 0 Å². The highest BCUT2D eigenvalue weighted by Crippen LogP contribution is 2.05. The van der Waals surface area contributed by atoms with E-state index in [1.807, 2.05) is 4.90 Å². The third-order valence-corrected chi connectivity index (χ3v) is 3.55. The van der Waals surface area contributed by atoms with Gasteiger partial charge in [0.25, 0.3) is 0 Å². The Hall–Kier alpha value is -0.400. The van der Waals surface area contributed by atoms with Crippen LogP contribution in [0.2, 0.25) is 0 Å². The minimum Gasteiger partial charge on any atom is -0.395 e. The van der Waals surface area contributed by atoms with Crippen LogP contribution in [0.5, 0.6) is 0 Å². The van der Waals surface area contributed by atoms with Crippen molar-refractivity contribution in [1.82, 2.24) is 15.1 Å². The molecule has 0 aromatic rings. The van der Waals surface area contributed by atoms with Gasteiger partial charge >= 0.3 is 0 Å². The molecule has 2 aliphatic rings. The highest BCUT2D eigenvalue weighted by molar-refractivity contribution is 5.85. The maximum absolute atomic E-state index is 11.9. The molecule has 19 heavy (non-hydrogen) atoms. The zero-order chi connectivity index (χ0) is 12.8. The molecule has 0 atom stereocenters. The lowest BCUT2D eigenvalue weighted by atomic mass is 10.2. The zero-order valence-corrected chi connectivity index (χ0v) is 12.0. The molecular formula is C12H24ClN3O3. The van der Waals surface area contributed by atoms with Gasteiger partial charge in [0.2, 0.25) is 5.91 Å². The van der Waals surface area contributed by atoms with Crippen molar-refractivity contribution in [3.8, 4) is 0 Å². The molecule has 0 unspecified atom stereocenters. The maximum atomic E-state index is 11.9. The number of hydrogen-bond acceptors (Lipinski definition) is 5. The van der Waals surface area contributed by atoms with E-state index in [2.05, 4.69) is 10.2 Å². The van der Waals surface area contributed by atoms with Crippen LogP contribution in [0.4, 0.5) is 0 Å². The van der Waals surface area contributed by atoms with Crippen molar-refractivity contribution in [3.63, 3.8) is 0 Å². The van der Waals surface area contributed by atoms with Crippen molar-refractivity contribution in [3.05, 3.63) is 0 Å². The summed E-state index contributed by atoms with van der Waals surface area (Å²) in [5, 5.41) is 12.0. The second-order valence-electron chi connectivity index (χ2n) is 4.85. The number of β-amino-alcohol motifs (C(OH)–C–C–N with tert-alkyl or cyclic N) is 1. The molecule has 2 fully saturated rings. The van der Waals surface area contributed by atoms with Crippen LogP contribution in [0.15, 0.2) is 0 Å². The number of rotatable bonds is 6. The van der Waals surface area contributed by atoms with E-state index < -0.39 is 0 Å². The van der Waals surface area contributed by atoms with E-state index in [4.69, 9.17) is 9.84 Å². The van der Waals surface area contributed by atoms with Crippen LogP contribution in [-0.4, -0.2) is 85.9 Å². The fourth-order valence-electron chi connectivity index (χ4n) is 2.21. The lowest BCUT2D eigenvalue weighted by molar-refractivity contribution is -0.134. The smallest absolute Gasteiger partial charge is 0.224 e. The van der Waals surface area contributed by atoms with Crippen LogP contribution in [0.1, 0.15) is 6.42 Å². The standard InChI is InChI=1S/C12H23N3O3.ClH/c16-7-6-14-2-4-15(5-3-14)12(17)1-8-18-11-9-13-10-11;/h11,13,16H,1-10H2;1H. The minimum absolute atomic E-state index is 0. The van der Waals surface area contributed by atoms with Gasteiger partial charge in [-0.2, -0.15) is 0 Å². The highest BCUT2D eigenvalue weighted by Gasteiger charge is 2.21.